The number of halogens is 1. The number of carbonyl (C=O) groups excluding carboxylic acids is 2. The van der Waals surface area contributed by atoms with Gasteiger partial charge >= 0.3 is 11.9 Å². The lowest BCUT2D eigenvalue weighted by Crippen LogP contribution is -2.40. The van der Waals surface area contributed by atoms with Crippen molar-refractivity contribution < 1.29 is 19.1 Å². The number of hydrogen-bond donors (Lipinski definition) is 1. The topological polar surface area (TPSA) is 64.6 Å². The molecule has 1 heterocycles. The van der Waals surface area contributed by atoms with Crippen molar-refractivity contribution in [2.45, 2.75) is 46.1 Å². The monoisotopic (exact) mass is 543 g/mol. The number of ether oxygens (including phenoxy) is 2. The third-order valence-corrected chi connectivity index (χ3v) is 8.72. The molecule has 4 rings (SSSR count). The van der Waals surface area contributed by atoms with Crippen LogP contribution in [0.25, 0.3) is 20.5 Å². The summed E-state index contributed by atoms with van der Waals surface area (Å²) in [5.41, 5.74) is 2.40. The van der Waals surface area contributed by atoms with Crippen LogP contribution in [-0.4, -0.2) is 31.7 Å². The highest BCUT2D eigenvalue weighted by molar-refractivity contribution is 9.10. The van der Waals surface area contributed by atoms with Crippen LogP contribution in [0.3, 0.4) is 0 Å². The van der Waals surface area contributed by atoms with Gasteiger partial charge in [-0.05, 0) is 78.0 Å². The van der Waals surface area contributed by atoms with Gasteiger partial charge in [-0.3, -0.25) is 4.79 Å². The fourth-order valence-electron chi connectivity index (χ4n) is 4.62. The van der Waals surface area contributed by atoms with Crippen molar-refractivity contribution >= 4 is 49.3 Å². The molecule has 0 saturated heterocycles. The minimum Gasteiger partial charge on any atom is -0.466 e. The number of esters is 2. The molecule has 1 aliphatic carbocycles. The molecule has 1 aromatic heterocycles. The van der Waals surface area contributed by atoms with Crippen LogP contribution < -0.4 is 5.32 Å². The molecule has 0 atom stereocenters. The summed E-state index contributed by atoms with van der Waals surface area (Å²) in [5, 5.41) is 4.68. The standard InChI is InChI=1S/C27H30BrNO4S/c1-3-32-25(30)20-10-8-19(9-11-20)24-23(28)21-15-18(7-12-22(21)34-24)16-29-17-27(13-5-6-14-27)26(31)33-4-2/h7-12,15,29H,3-6,13-14,16-17H2,1-2H3. The van der Waals surface area contributed by atoms with Gasteiger partial charge in [-0.1, -0.05) is 31.0 Å². The molecule has 0 radical (unpaired) electrons. The van der Waals surface area contributed by atoms with E-state index in [0.717, 1.165) is 46.0 Å². The quantitative estimate of drug-likeness (QED) is 0.303. The molecule has 0 spiro atoms. The maximum absolute atomic E-state index is 12.6. The Labute approximate surface area is 213 Å². The average molecular weight is 545 g/mol. The van der Waals surface area contributed by atoms with Crippen molar-refractivity contribution in [1.29, 1.82) is 0 Å². The molecule has 7 heteroatoms. The molecule has 0 aliphatic heterocycles. The molecule has 0 unspecified atom stereocenters. The van der Waals surface area contributed by atoms with Crippen molar-refractivity contribution in [2.75, 3.05) is 19.8 Å². The Balaban J connectivity index is 1.48. The summed E-state index contributed by atoms with van der Waals surface area (Å²) in [6, 6.07) is 14.0. The van der Waals surface area contributed by atoms with Gasteiger partial charge in [0.05, 0.1) is 24.2 Å². The largest absolute Gasteiger partial charge is 0.466 e. The van der Waals surface area contributed by atoms with Crippen molar-refractivity contribution in [1.82, 2.24) is 5.32 Å². The Bertz CT molecular complexity index is 1170. The number of nitrogens with one attached hydrogen (secondary N) is 1. The van der Waals surface area contributed by atoms with Gasteiger partial charge in [0.25, 0.3) is 0 Å². The van der Waals surface area contributed by atoms with E-state index in [0.29, 0.717) is 31.9 Å². The number of benzene rings is 2. The van der Waals surface area contributed by atoms with E-state index in [9.17, 15) is 9.59 Å². The van der Waals surface area contributed by atoms with Crippen LogP contribution in [0.1, 0.15) is 55.5 Å². The number of hydrogen-bond acceptors (Lipinski definition) is 6. The lowest BCUT2D eigenvalue weighted by molar-refractivity contribution is -0.154. The predicted octanol–water partition coefficient (Wildman–Crippen LogP) is 6.72. The van der Waals surface area contributed by atoms with Crippen molar-refractivity contribution in [2.24, 2.45) is 5.41 Å². The summed E-state index contributed by atoms with van der Waals surface area (Å²) in [4.78, 5) is 25.6. The smallest absolute Gasteiger partial charge is 0.338 e. The first-order chi connectivity index (χ1) is 16.5. The van der Waals surface area contributed by atoms with Crippen molar-refractivity contribution in [3.63, 3.8) is 0 Å². The van der Waals surface area contributed by atoms with Gasteiger partial charge in [0.2, 0.25) is 0 Å². The molecule has 34 heavy (non-hydrogen) atoms. The maximum atomic E-state index is 12.6. The van der Waals surface area contributed by atoms with Crippen LogP contribution in [-0.2, 0) is 20.8 Å². The molecule has 180 valence electrons. The molecule has 5 nitrogen and oxygen atoms in total. The van der Waals surface area contributed by atoms with Gasteiger partial charge < -0.3 is 14.8 Å². The molecule has 3 aromatic rings. The molecule has 0 amide bonds. The summed E-state index contributed by atoms with van der Waals surface area (Å²) >= 11 is 5.52. The van der Waals surface area contributed by atoms with E-state index in [-0.39, 0.29) is 17.4 Å². The van der Waals surface area contributed by atoms with E-state index in [2.05, 4.69) is 39.4 Å². The third kappa shape index (κ3) is 5.21. The van der Waals surface area contributed by atoms with Crippen LogP contribution in [0.5, 0.6) is 0 Å². The summed E-state index contributed by atoms with van der Waals surface area (Å²) in [6.07, 6.45) is 3.95. The first kappa shape index (κ1) is 24.9. The molecule has 1 saturated carbocycles. The van der Waals surface area contributed by atoms with Crippen LogP contribution in [0.2, 0.25) is 0 Å². The van der Waals surface area contributed by atoms with Gasteiger partial charge in [-0.25, -0.2) is 4.79 Å². The molecular formula is C27H30BrNO4S. The maximum Gasteiger partial charge on any atom is 0.338 e. The number of rotatable bonds is 9. The van der Waals surface area contributed by atoms with E-state index in [1.54, 1.807) is 18.3 Å². The summed E-state index contributed by atoms with van der Waals surface area (Å²) in [6.45, 7) is 5.80. The molecule has 1 fully saturated rings. The highest BCUT2D eigenvalue weighted by Crippen LogP contribution is 2.43. The first-order valence-corrected chi connectivity index (χ1v) is 13.4. The fourth-order valence-corrected chi connectivity index (χ4v) is 6.63. The van der Waals surface area contributed by atoms with Crippen LogP contribution in [0.15, 0.2) is 46.9 Å². The van der Waals surface area contributed by atoms with Crippen LogP contribution >= 0.6 is 27.3 Å². The Morgan fingerprint density at radius 1 is 1.03 bits per heavy atom. The van der Waals surface area contributed by atoms with Gasteiger partial charge in [0.1, 0.15) is 0 Å². The lowest BCUT2D eigenvalue weighted by Gasteiger charge is -2.26. The Morgan fingerprint density at radius 3 is 2.41 bits per heavy atom. The predicted molar refractivity (Wildman–Crippen MR) is 140 cm³/mol. The van der Waals surface area contributed by atoms with Crippen molar-refractivity contribution in [3.8, 4) is 10.4 Å². The van der Waals surface area contributed by atoms with E-state index >= 15 is 0 Å². The highest BCUT2D eigenvalue weighted by Gasteiger charge is 2.42. The zero-order valence-corrected chi connectivity index (χ0v) is 22.0. The van der Waals surface area contributed by atoms with E-state index in [1.807, 2.05) is 31.2 Å². The zero-order valence-electron chi connectivity index (χ0n) is 19.6. The number of thiophene rings is 1. The van der Waals surface area contributed by atoms with Gasteiger partial charge in [0.15, 0.2) is 0 Å². The third-order valence-electron chi connectivity index (χ3n) is 6.41. The fraction of sp³-hybridized carbons (Fsp3) is 0.407. The zero-order chi connectivity index (χ0) is 24.1. The summed E-state index contributed by atoms with van der Waals surface area (Å²) < 4.78 is 12.7. The van der Waals surface area contributed by atoms with Crippen molar-refractivity contribution in [3.05, 3.63) is 58.1 Å². The second-order valence-electron chi connectivity index (χ2n) is 8.68. The summed E-state index contributed by atoms with van der Waals surface area (Å²) in [5.74, 6) is -0.362. The number of fused-ring (bicyclic) bond motifs is 1. The average Bonchev–Trinajstić information content (AvgIpc) is 3.45. The molecule has 0 bridgehead atoms. The van der Waals surface area contributed by atoms with E-state index in [1.165, 1.54) is 10.3 Å². The van der Waals surface area contributed by atoms with Crippen LogP contribution in [0.4, 0.5) is 0 Å². The molecular weight excluding hydrogens is 514 g/mol. The second-order valence-corrected chi connectivity index (χ2v) is 10.5. The number of carbonyl (C=O) groups is 2. The minimum atomic E-state index is -0.383. The normalized spacial score (nSPS) is 14.9. The molecule has 2 aromatic carbocycles. The Hall–Kier alpha value is -2.22. The van der Waals surface area contributed by atoms with E-state index < -0.39 is 0 Å². The van der Waals surface area contributed by atoms with Gasteiger partial charge in [-0.2, -0.15) is 0 Å². The molecule has 1 N–H and O–H groups in total. The Morgan fingerprint density at radius 2 is 1.74 bits per heavy atom. The highest BCUT2D eigenvalue weighted by atomic mass is 79.9. The molecule has 1 aliphatic rings. The minimum absolute atomic E-state index is 0.0605. The van der Waals surface area contributed by atoms with Crippen LogP contribution in [0, 0.1) is 5.41 Å². The SMILES string of the molecule is CCOC(=O)c1ccc(-c2sc3ccc(CNCC4(C(=O)OCC)CCCC4)cc3c2Br)cc1. The summed E-state index contributed by atoms with van der Waals surface area (Å²) in [7, 11) is 0. The second kappa shape index (κ2) is 11.0. The Kier molecular flexibility index (Phi) is 8.06. The lowest BCUT2D eigenvalue weighted by atomic mass is 9.86. The van der Waals surface area contributed by atoms with Gasteiger partial charge in [0, 0.05) is 32.5 Å². The first-order valence-electron chi connectivity index (χ1n) is 11.8. The van der Waals surface area contributed by atoms with E-state index in [4.69, 9.17) is 9.47 Å². The van der Waals surface area contributed by atoms with Gasteiger partial charge in [-0.15, -0.1) is 11.3 Å².